The standard InChI is InChI=1S/C10H10N2O2/c13-10(14)5-3-7-12-9(10)8-4-1-2-6-11-8/h1-7,9,13-14H. The van der Waals surface area contributed by atoms with E-state index in [1.807, 2.05) is 0 Å². The predicted octanol–water partition coefficient (Wildman–Crippen LogP) is 0.444. The molecule has 0 bridgehead atoms. The number of hydrogen-bond acceptors (Lipinski definition) is 4. The molecule has 1 aromatic rings. The van der Waals surface area contributed by atoms with Crippen molar-refractivity contribution in [2.45, 2.75) is 11.8 Å². The van der Waals surface area contributed by atoms with Crippen molar-refractivity contribution in [2.24, 2.45) is 4.99 Å². The molecule has 0 saturated carbocycles. The van der Waals surface area contributed by atoms with Gasteiger partial charge >= 0.3 is 0 Å². The summed E-state index contributed by atoms with van der Waals surface area (Å²) in [5, 5.41) is 19.2. The van der Waals surface area contributed by atoms with Gasteiger partial charge in [0.1, 0.15) is 6.04 Å². The predicted molar refractivity (Wildman–Crippen MR) is 51.8 cm³/mol. The van der Waals surface area contributed by atoms with Gasteiger partial charge in [-0.3, -0.25) is 9.98 Å². The molecule has 0 aromatic carbocycles. The summed E-state index contributed by atoms with van der Waals surface area (Å²) in [7, 11) is 0. The number of nitrogens with zero attached hydrogens (tertiary/aromatic N) is 2. The molecule has 2 N–H and O–H groups in total. The number of aromatic nitrogens is 1. The summed E-state index contributed by atoms with van der Waals surface area (Å²) in [5.41, 5.74) is 0.540. The van der Waals surface area contributed by atoms with E-state index < -0.39 is 11.8 Å². The molecule has 72 valence electrons. The molecule has 1 aliphatic heterocycles. The first kappa shape index (κ1) is 9.05. The summed E-state index contributed by atoms with van der Waals surface area (Å²) < 4.78 is 0. The average Bonchev–Trinajstić information content (AvgIpc) is 2.18. The fourth-order valence-corrected chi connectivity index (χ4v) is 1.35. The van der Waals surface area contributed by atoms with Gasteiger partial charge < -0.3 is 10.2 Å². The van der Waals surface area contributed by atoms with E-state index in [-0.39, 0.29) is 0 Å². The Morgan fingerprint density at radius 1 is 1.29 bits per heavy atom. The maximum atomic E-state index is 9.60. The summed E-state index contributed by atoms with van der Waals surface area (Å²) in [6.45, 7) is 0. The van der Waals surface area contributed by atoms with E-state index in [0.717, 1.165) is 0 Å². The van der Waals surface area contributed by atoms with Crippen molar-refractivity contribution < 1.29 is 10.2 Å². The number of dihydropyridines is 1. The second-order valence-electron chi connectivity index (χ2n) is 3.10. The molecule has 0 radical (unpaired) electrons. The van der Waals surface area contributed by atoms with Crippen molar-refractivity contribution >= 4 is 6.21 Å². The van der Waals surface area contributed by atoms with Gasteiger partial charge in [-0.15, -0.1) is 0 Å². The van der Waals surface area contributed by atoms with E-state index in [1.165, 1.54) is 18.4 Å². The van der Waals surface area contributed by atoms with Crippen LogP contribution in [0.15, 0.2) is 41.5 Å². The highest BCUT2D eigenvalue weighted by atomic mass is 16.5. The van der Waals surface area contributed by atoms with Gasteiger partial charge in [-0.05, 0) is 24.3 Å². The molecule has 1 aromatic heterocycles. The molecule has 1 unspecified atom stereocenters. The van der Waals surface area contributed by atoms with Gasteiger partial charge in [-0.1, -0.05) is 6.07 Å². The number of hydrogen-bond donors (Lipinski definition) is 2. The Labute approximate surface area is 81.3 Å². The van der Waals surface area contributed by atoms with Crippen LogP contribution in [0, 0.1) is 0 Å². The van der Waals surface area contributed by atoms with Crippen LogP contribution in [0.3, 0.4) is 0 Å². The highest BCUT2D eigenvalue weighted by molar-refractivity contribution is 5.73. The zero-order valence-electron chi connectivity index (χ0n) is 7.41. The number of aliphatic imine (C=N–C) groups is 1. The lowest BCUT2D eigenvalue weighted by Gasteiger charge is -2.26. The van der Waals surface area contributed by atoms with Crippen molar-refractivity contribution in [1.82, 2.24) is 4.98 Å². The minimum Gasteiger partial charge on any atom is -0.360 e. The zero-order chi connectivity index (χ0) is 10.0. The third-order valence-corrected chi connectivity index (χ3v) is 2.03. The first-order valence-electron chi connectivity index (χ1n) is 4.27. The Kier molecular flexibility index (Phi) is 2.15. The molecule has 14 heavy (non-hydrogen) atoms. The largest absolute Gasteiger partial charge is 0.360 e. The van der Waals surface area contributed by atoms with Crippen LogP contribution in [0.1, 0.15) is 11.7 Å². The van der Waals surface area contributed by atoms with Crippen molar-refractivity contribution in [3.05, 3.63) is 42.2 Å². The highest BCUT2D eigenvalue weighted by Gasteiger charge is 2.34. The first-order chi connectivity index (χ1) is 6.70. The molecule has 1 aliphatic rings. The number of rotatable bonds is 1. The second-order valence-corrected chi connectivity index (χ2v) is 3.10. The van der Waals surface area contributed by atoms with Gasteiger partial charge in [0.2, 0.25) is 5.79 Å². The van der Waals surface area contributed by atoms with Crippen molar-refractivity contribution in [1.29, 1.82) is 0 Å². The van der Waals surface area contributed by atoms with Crippen LogP contribution in [-0.4, -0.2) is 27.2 Å². The lowest BCUT2D eigenvalue weighted by Crippen LogP contribution is -2.34. The topological polar surface area (TPSA) is 65.7 Å². The van der Waals surface area contributed by atoms with Crippen LogP contribution in [0.2, 0.25) is 0 Å². The van der Waals surface area contributed by atoms with Gasteiger partial charge in [-0.25, -0.2) is 0 Å². The minimum atomic E-state index is -1.94. The molecular weight excluding hydrogens is 180 g/mol. The molecule has 0 saturated heterocycles. The van der Waals surface area contributed by atoms with Crippen molar-refractivity contribution in [2.75, 3.05) is 0 Å². The van der Waals surface area contributed by atoms with Gasteiger partial charge in [-0.2, -0.15) is 0 Å². The molecule has 4 heteroatoms. The number of allylic oxidation sites excluding steroid dienone is 1. The summed E-state index contributed by atoms with van der Waals surface area (Å²) >= 11 is 0. The fraction of sp³-hybridized carbons (Fsp3) is 0.200. The van der Waals surface area contributed by atoms with Crippen LogP contribution in [-0.2, 0) is 0 Å². The van der Waals surface area contributed by atoms with Gasteiger partial charge in [0, 0.05) is 12.4 Å². The van der Waals surface area contributed by atoms with E-state index in [4.69, 9.17) is 0 Å². The molecule has 0 fully saturated rings. The van der Waals surface area contributed by atoms with Crippen molar-refractivity contribution in [3.8, 4) is 0 Å². The summed E-state index contributed by atoms with van der Waals surface area (Å²) in [5.74, 6) is -1.94. The van der Waals surface area contributed by atoms with E-state index in [9.17, 15) is 10.2 Å². The molecule has 2 rings (SSSR count). The zero-order valence-corrected chi connectivity index (χ0v) is 7.41. The lowest BCUT2D eigenvalue weighted by molar-refractivity contribution is -0.137. The molecule has 0 spiro atoms. The Morgan fingerprint density at radius 3 is 2.79 bits per heavy atom. The van der Waals surface area contributed by atoms with Crippen LogP contribution in [0.25, 0.3) is 0 Å². The summed E-state index contributed by atoms with van der Waals surface area (Å²) in [4.78, 5) is 8.01. The van der Waals surface area contributed by atoms with Crippen LogP contribution < -0.4 is 0 Å². The third kappa shape index (κ3) is 1.57. The van der Waals surface area contributed by atoms with Crippen molar-refractivity contribution in [3.63, 3.8) is 0 Å². The monoisotopic (exact) mass is 190 g/mol. The molecule has 0 aliphatic carbocycles. The molecular formula is C10H10N2O2. The van der Waals surface area contributed by atoms with E-state index in [2.05, 4.69) is 9.98 Å². The van der Waals surface area contributed by atoms with Crippen LogP contribution >= 0.6 is 0 Å². The van der Waals surface area contributed by atoms with E-state index in [0.29, 0.717) is 5.69 Å². The third-order valence-electron chi connectivity index (χ3n) is 2.03. The Balaban J connectivity index is 2.36. The smallest absolute Gasteiger partial charge is 0.212 e. The van der Waals surface area contributed by atoms with Crippen LogP contribution in [0.4, 0.5) is 0 Å². The van der Waals surface area contributed by atoms with Gasteiger partial charge in [0.05, 0.1) is 5.69 Å². The number of aliphatic hydroxyl groups is 2. The molecule has 2 heterocycles. The normalized spacial score (nSPS) is 23.7. The fourth-order valence-electron chi connectivity index (χ4n) is 1.35. The minimum absolute atomic E-state index is 0.540. The second kappa shape index (κ2) is 3.32. The van der Waals surface area contributed by atoms with E-state index in [1.54, 1.807) is 24.4 Å². The lowest BCUT2D eigenvalue weighted by atomic mass is 10.0. The summed E-state index contributed by atoms with van der Waals surface area (Å²) in [6, 6.07) is 4.52. The maximum Gasteiger partial charge on any atom is 0.212 e. The van der Waals surface area contributed by atoms with Gasteiger partial charge in [0.25, 0.3) is 0 Å². The molecule has 0 amide bonds. The van der Waals surface area contributed by atoms with E-state index >= 15 is 0 Å². The Morgan fingerprint density at radius 2 is 2.14 bits per heavy atom. The van der Waals surface area contributed by atoms with Gasteiger partial charge in [0.15, 0.2) is 0 Å². The Hall–Kier alpha value is -1.52. The number of pyridine rings is 1. The molecule has 4 nitrogen and oxygen atoms in total. The summed E-state index contributed by atoms with van der Waals surface area (Å²) in [6.07, 6.45) is 5.92. The molecule has 1 atom stereocenters. The first-order valence-corrected chi connectivity index (χ1v) is 4.27. The highest BCUT2D eigenvalue weighted by Crippen LogP contribution is 2.29. The average molecular weight is 190 g/mol. The van der Waals surface area contributed by atoms with Crippen LogP contribution in [0.5, 0.6) is 0 Å². The maximum absolute atomic E-state index is 9.60. The SMILES string of the molecule is OC1(O)C=CC=NC1c1ccccn1. The Bertz CT molecular complexity index is 371. The quantitative estimate of drug-likeness (QED) is 0.632.